The number of benzene rings is 1. The third-order valence-electron chi connectivity index (χ3n) is 6.60. The number of carbonyl (C=O) groups is 2. The number of carbonyl (C=O) groups excluding carboxylic acids is 2. The summed E-state index contributed by atoms with van der Waals surface area (Å²) >= 11 is 0. The van der Waals surface area contributed by atoms with Crippen LogP contribution in [-0.2, 0) is 16.0 Å². The van der Waals surface area contributed by atoms with E-state index in [1.165, 1.54) is 31.2 Å². The van der Waals surface area contributed by atoms with Gasteiger partial charge in [0.2, 0.25) is 11.8 Å². The fourth-order valence-electron chi connectivity index (χ4n) is 5.01. The normalized spacial score (nSPS) is 24.8. The zero-order valence-electron chi connectivity index (χ0n) is 16.4. The van der Waals surface area contributed by atoms with Crippen LogP contribution in [0, 0.1) is 5.92 Å². The van der Waals surface area contributed by atoms with Crippen LogP contribution in [0.25, 0.3) is 0 Å². The van der Waals surface area contributed by atoms with Gasteiger partial charge in [0.15, 0.2) is 0 Å². The van der Waals surface area contributed by atoms with Crippen molar-refractivity contribution < 1.29 is 9.59 Å². The van der Waals surface area contributed by atoms with Crippen molar-refractivity contribution in [3.63, 3.8) is 0 Å². The van der Waals surface area contributed by atoms with Crippen LogP contribution in [0.4, 0.5) is 5.69 Å². The van der Waals surface area contributed by atoms with E-state index in [0.29, 0.717) is 13.0 Å². The molecule has 0 spiro atoms. The smallest absolute Gasteiger partial charge is 0.228 e. The lowest BCUT2D eigenvalue weighted by atomic mass is 10.1. The summed E-state index contributed by atoms with van der Waals surface area (Å²) < 4.78 is 0. The molecule has 1 unspecified atom stereocenters. The van der Waals surface area contributed by atoms with E-state index in [1.807, 2.05) is 28.0 Å². The SMILES string of the molecule is CCc1ccccc1N1CC(C(=O)N2CCN(C3CCCC3)CC2)CC1=O. The number of para-hydroxylation sites is 1. The molecular formula is C22H31N3O2. The summed E-state index contributed by atoms with van der Waals surface area (Å²) in [7, 11) is 0. The predicted octanol–water partition coefficient (Wildman–Crippen LogP) is 2.69. The molecule has 0 radical (unpaired) electrons. The quantitative estimate of drug-likeness (QED) is 0.820. The van der Waals surface area contributed by atoms with E-state index in [4.69, 9.17) is 0 Å². The second-order valence-corrected chi connectivity index (χ2v) is 8.19. The first-order chi connectivity index (χ1) is 13.2. The molecule has 1 aromatic carbocycles. The Morgan fingerprint density at radius 1 is 1.07 bits per heavy atom. The van der Waals surface area contributed by atoms with Crippen LogP contribution in [0.15, 0.2) is 24.3 Å². The second kappa shape index (κ2) is 8.01. The summed E-state index contributed by atoms with van der Waals surface area (Å²) in [4.78, 5) is 32.0. The van der Waals surface area contributed by atoms with E-state index >= 15 is 0 Å². The van der Waals surface area contributed by atoms with Gasteiger partial charge in [0.1, 0.15) is 0 Å². The van der Waals surface area contributed by atoms with Crippen LogP contribution in [0.1, 0.15) is 44.6 Å². The van der Waals surface area contributed by atoms with Gasteiger partial charge in [0.05, 0.1) is 5.92 Å². The van der Waals surface area contributed by atoms with Crippen molar-refractivity contribution in [3.05, 3.63) is 29.8 Å². The zero-order valence-corrected chi connectivity index (χ0v) is 16.4. The van der Waals surface area contributed by atoms with Crippen LogP contribution < -0.4 is 4.90 Å². The molecule has 4 rings (SSSR count). The molecule has 0 bridgehead atoms. The first-order valence-corrected chi connectivity index (χ1v) is 10.6. The maximum Gasteiger partial charge on any atom is 0.228 e. The van der Waals surface area contributed by atoms with Crippen LogP contribution >= 0.6 is 0 Å². The van der Waals surface area contributed by atoms with Crippen molar-refractivity contribution >= 4 is 17.5 Å². The lowest BCUT2D eigenvalue weighted by Gasteiger charge is -2.38. The minimum Gasteiger partial charge on any atom is -0.340 e. The second-order valence-electron chi connectivity index (χ2n) is 8.19. The third-order valence-corrected chi connectivity index (χ3v) is 6.60. The summed E-state index contributed by atoms with van der Waals surface area (Å²) in [6.07, 6.45) is 6.57. The summed E-state index contributed by atoms with van der Waals surface area (Å²) in [5.41, 5.74) is 2.15. The highest BCUT2D eigenvalue weighted by molar-refractivity contribution is 6.00. The largest absolute Gasteiger partial charge is 0.340 e. The van der Waals surface area contributed by atoms with Gasteiger partial charge >= 0.3 is 0 Å². The molecule has 1 saturated carbocycles. The number of piperazine rings is 1. The van der Waals surface area contributed by atoms with Crippen molar-refractivity contribution in [2.45, 2.75) is 51.5 Å². The Morgan fingerprint density at radius 3 is 2.48 bits per heavy atom. The average Bonchev–Trinajstić information content (AvgIpc) is 3.37. The van der Waals surface area contributed by atoms with E-state index in [1.54, 1.807) is 0 Å². The molecule has 2 amide bonds. The van der Waals surface area contributed by atoms with Crippen molar-refractivity contribution in [1.82, 2.24) is 9.80 Å². The maximum atomic E-state index is 13.0. The third kappa shape index (κ3) is 3.75. The van der Waals surface area contributed by atoms with Crippen LogP contribution in [-0.4, -0.2) is 60.4 Å². The summed E-state index contributed by atoms with van der Waals surface area (Å²) in [6.45, 7) is 6.22. The molecule has 5 nitrogen and oxygen atoms in total. The molecule has 2 heterocycles. The summed E-state index contributed by atoms with van der Waals surface area (Å²) in [5, 5.41) is 0. The van der Waals surface area contributed by atoms with E-state index in [9.17, 15) is 9.59 Å². The zero-order chi connectivity index (χ0) is 18.8. The van der Waals surface area contributed by atoms with Crippen LogP contribution in [0.2, 0.25) is 0 Å². The van der Waals surface area contributed by atoms with Crippen molar-refractivity contribution in [2.24, 2.45) is 5.92 Å². The predicted molar refractivity (Wildman–Crippen MR) is 107 cm³/mol. The Labute approximate surface area is 162 Å². The first-order valence-electron chi connectivity index (χ1n) is 10.6. The van der Waals surface area contributed by atoms with Gasteiger partial charge < -0.3 is 9.80 Å². The monoisotopic (exact) mass is 369 g/mol. The van der Waals surface area contributed by atoms with Crippen molar-refractivity contribution in [3.8, 4) is 0 Å². The van der Waals surface area contributed by atoms with Gasteiger partial charge in [-0.25, -0.2) is 0 Å². The summed E-state index contributed by atoms with van der Waals surface area (Å²) in [6, 6.07) is 8.79. The minimum absolute atomic E-state index is 0.0823. The number of rotatable bonds is 4. The number of anilines is 1. The number of amides is 2. The molecule has 1 aromatic rings. The van der Waals surface area contributed by atoms with Crippen molar-refractivity contribution in [2.75, 3.05) is 37.6 Å². The standard InChI is InChI=1S/C22H31N3O2/c1-2-17-7-3-6-10-20(17)25-16-18(15-21(25)26)22(27)24-13-11-23(12-14-24)19-8-4-5-9-19/h3,6-7,10,18-19H,2,4-5,8-9,11-16H2,1H3. The molecule has 3 fully saturated rings. The topological polar surface area (TPSA) is 43.9 Å². The van der Waals surface area contributed by atoms with Gasteiger partial charge in [-0.2, -0.15) is 0 Å². The maximum absolute atomic E-state index is 13.0. The number of nitrogens with zero attached hydrogens (tertiary/aromatic N) is 3. The lowest BCUT2D eigenvalue weighted by Crippen LogP contribution is -2.52. The van der Waals surface area contributed by atoms with E-state index < -0.39 is 0 Å². The molecule has 146 valence electrons. The number of aryl methyl sites for hydroxylation is 1. The molecule has 2 aliphatic heterocycles. The van der Waals surface area contributed by atoms with E-state index in [0.717, 1.165) is 44.3 Å². The van der Waals surface area contributed by atoms with Gasteiger partial charge in [0, 0.05) is 50.9 Å². The first kappa shape index (κ1) is 18.5. The van der Waals surface area contributed by atoms with Gasteiger partial charge in [-0.05, 0) is 30.9 Å². The molecule has 0 aromatic heterocycles. The fraction of sp³-hybridized carbons (Fsp3) is 0.636. The Kier molecular flexibility index (Phi) is 5.48. The van der Waals surface area contributed by atoms with Crippen LogP contribution in [0.5, 0.6) is 0 Å². The van der Waals surface area contributed by atoms with Gasteiger partial charge in [-0.1, -0.05) is 38.0 Å². The van der Waals surface area contributed by atoms with Gasteiger partial charge in [-0.3, -0.25) is 14.5 Å². The Morgan fingerprint density at radius 2 is 1.78 bits per heavy atom. The van der Waals surface area contributed by atoms with Gasteiger partial charge in [-0.15, -0.1) is 0 Å². The summed E-state index contributed by atoms with van der Waals surface area (Å²) in [5.74, 6) is 0.0604. The molecule has 0 N–H and O–H groups in total. The Hall–Kier alpha value is -1.88. The minimum atomic E-state index is -0.194. The van der Waals surface area contributed by atoms with Crippen molar-refractivity contribution in [1.29, 1.82) is 0 Å². The molecule has 5 heteroatoms. The molecule has 3 aliphatic rings. The molecule has 1 atom stereocenters. The average molecular weight is 370 g/mol. The highest BCUT2D eigenvalue weighted by Gasteiger charge is 2.38. The van der Waals surface area contributed by atoms with Crippen LogP contribution in [0.3, 0.4) is 0 Å². The number of hydrogen-bond donors (Lipinski definition) is 0. The Balaban J connectivity index is 1.37. The molecule has 27 heavy (non-hydrogen) atoms. The molecular weight excluding hydrogens is 338 g/mol. The highest BCUT2D eigenvalue weighted by Crippen LogP contribution is 2.30. The number of hydrogen-bond acceptors (Lipinski definition) is 3. The Bertz CT molecular complexity index is 691. The van der Waals surface area contributed by atoms with E-state index in [-0.39, 0.29) is 17.7 Å². The highest BCUT2D eigenvalue weighted by atomic mass is 16.2. The molecule has 1 aliphatic carbocycles. The molecule has 2 saturated heterocycles. The van der Waals surface area contributed by atoms with Gasteiger partial charge in [0.25, 0.3) is 0 Å². The lowest BCUT2D eigenvalue weighted by molar-refractivity contribution is -0.137. The fourth-order valence-corrected chi connectivity index (χ4v) is 5.01. The van der Waals surface area contributed by atoms with E-state index in [2.05, 4.69) is 17.9 Å².